The molecule has 4 fully saturated rings. The van der Waals surface area contributed by atoms with Crippen molar-refractivity contribution in [2.75, 3.05) is 6.54 Å². The molecular weight excluding hydrogens is 569 g/mol. The molecule has 1 aromatic heterocycles. The van der Waals surface area contributed by atoms with E-state index in [1.807, 2.05) is 44.2 Å². The Bertz CT molecular complexity index is 1440. The van der Waals surface area contributed by atoms with Gasteiger partial charge in [-0.2, -0.15) is 5.10 Å². The maximum absolute atomic E-state index is 14.3. The molecule has 242 valence electrons. The Labute approximate surface area is 267 Å². The van der Waals surface area contributed by atoms with Crippen molar-refractivity contribution >= 4 is 24.6 Å². The zero-order chi connectivity index (χ0) is 32.1. The summed E-state index contributed by atoms with van der Waals surface area (Å²) >= 11 is 0. The normalized spacial score (nSPS) is 30.4. The van der Waals surface area contributed by atoms with E-state index in [1.54, 1.807) is 17.1 Å². The average molecular weight is 618 g/mol. The first kappa shape index (κ1) is 31.8. The lowest BCUT2D eigenvalue weighted by molar-refractivity contribution is -0.199. The zero-order valence-corrected chi connectivity index (χ0v) is 27.7. The molecule has 0 radical (unpaired) electrons. The fraction of sp³-hybridized carbons (Fsp3) is 0.647. The van der Waals surface area contributed by atoms with E-state index in [1.165, 1.54) is 6.42 Å². The van der Waals surface area contributed by atoms with E-state index in [4.69, 9.17) is 14.1 Å². The summed E-state index contributed by atoms with van der Waals surface area (Å²) in [5, 5.41) is 14.8. The molecule has 45 heavy (non-hydrogen) atoms. The molecule has 2 N–H and O–H groups in total. The Morgan fingerprint density at radius 1 is 1.11 bits per heavy atom. The second-order valence-electron chi connectivity index (χ2n) is 15.1. The van der Waals surface area contributed by atoms with E-state index >= 15 is 0 Å². The van der Waals surface area contributed by atoms with Crippen molar-refractivity contribution < 1.29 is 23.7 Å². The average Bonchev–Trinajstić information content (AvgIpc) is 3.73. The van der Waals surface area contributed by atoms with Gasteiger partial charge in [-0.05, 0) is 68.8 Å². The summed E-state index contributed by atoms with van der Waals surface area (Å²) < 4.78 is 15.2. The van der Waals surface area contributed by atoms with Crippen molar-refractivity contribution in [3.63, 3.8) is 0 Å². The molecule has 10 nitrogen and oxygen atoms in total. The van der Waals surface area contributed by atoms with Crippen molar-refractivity contribution in [1.29, 1.82) is 0 Å². The predicted molar refractivity (Wildman–Crippen MR) is 172 cm³/mol. The molecule has 1 aromatic carbocycles. The summed E-state index contributed by atoms with van der Waals surface area (Å²) in [5.41, 5.74) is 0.630. The molecule has 3 aliphatic carbocycles. The van der Waals surface area contributed by atoms with Crippen molar-refractivity contribution in [3.05, 3.63) is 53.9 Å². The van der Waals surface area contributed by atoms with E-state index in [9.17, 15) is 9.59 Å². The highest BCUT2D eigenvalue weighted by molar-refractivity contribution is 6.48. The largest absolute Gasteiger partial charge is 0.481 e. The number of carbonyl (C=O) groups excluding carboxylic acids is 2. The van der Waals surface area contributed by atoms with Crippen molar-refractivity contribution in [2.24, 2.45) is 28.3 Å². The highest BCUT2D eigenvalue weighted by Gasteiger charge is 2.68. The molecule has 2 amide bonds. The van der Waals surface area contributed by atoms with E-state index in [2.05, 4.69) is 55.5 Å². The summed E-state index contributed by atoms with van der Waals surface area (Å²) in [7, 11) is -0.539. The number of hydrogen-bond acceptors (Lipinski definition) is 7. The molecular formula is C34H48BN5O5. The lowest BCUT2D eigenvalue weighted by atomic mass is 9.43. The van der Waals surface area contributed by atoms with Crippen molar-refractivity contribution in [1.82, 2.24) is 20.4 Å². The SMILES string of the molecule is CC(C)C[C@H](NC(=O)C1(Cc2ccccc2)CC(CNC(=O)c2cnn(C(C)C)c2)=NO1)B1O[C@@H]2C[C@@H]3C[C@@H](C3(C)C)[C@]2(C)O1. The topological polar surface area (TPSA) is 116 Å². The van der Waals surface area contributed by atoms with Crippen LogP contribution in [0, 0.1) is 23.2 Å². The molecule has 1 saturated heterocycles. The van der Waals surface area contributed by atoms with Gasteiger partial charge in [0.05, 0.1) is 41.7 Å². The molecule has 2 bridgehead atoms. The number of amides is 2. The molecule has 0 spiro atoms. The molecule has 11 heteroatoms. The lowest BCUT2D eigenvalue weighted by Gasteiger charge is -2.64. The van der Waals surface area contributed by atoms with Crippen LogP contribution in [0.3, 0.4) is 0 Å². The van der Waals surface area contributed by atoms with E-state index in [-0.39, 0.29) is 53.9 Å². The number of nitrogens with zero attached hydrogens (tertiary/aromatic N) is 3. The van der Waals surface area contributed by atoms with Crippen LogP contribution in [-0.2, 0) is 25.4 Å². The van der Waals surface area contributed by atoms with Gasteiger partial charge in [0.1, 0.15) is 0 Å². The Morgan fingerprint density at radius 2 is 1.87 bits per heavy atom. The lowest BCUT2D eigenvalue weighted by Crippen LogP contribution is -2.65. The molecule has 3 heterocycles. The Balaban J connectivity index is 1.17. The van der Waals surface area contributed by atoms with Gasteiger partial charge in [0.25, 0.3) is 11.8 Å². The van der Waals surface area contributed by atoms with Crippen LogP contribution in [-0.4, -0.2) is 64.2 Å². The first-order valence-electron chi connectivity index (χ1n) is 16.5. The van der Waals surface area contributed by atoms with Crippen LogP contribution in [0.4, 0.5) is 0 Å². The third kappa shape index (κ3) is 5.94. The quantitative estimate of drug-likeness (QED) is 0.352. The van der Waals surface area contributed by atoms with Crippen LogP contribution in [0.1, 0.15) is 96.1 Å². The van der Waals surface area contributed by atoms with Crippen molar-refractivity contribution in [3.8, 4) is 0 Å². The number of benzene rings is 1. The molecule has 5 aliphatic rings. The number of nitrogens with one attached hydrogen (secondary N) is 2. The van der Waals surface area contributed by atoms with E-state index in [0.29, 0.717) is 41.9 Å². The van der Waals surface area contributed by atoms with Gasteiger partial charge in [-0.15, -0.1) is 0 Å². The monoisotopic (exact) mass is 617 g/mol. The summed E-state index contributed by atoms with van der Waals surface area (Å²) in [6, 6.07) is 9.97. The van der Waals surface area contributed by atoms with Crippen LogP contribution >= 0.6 is 0 Å². The second-order valence-corrected chi connectivity index (χ2v) is 15.1. The summed E-state index contributed by atoms with van der Waals surface area (Å²) in [5.74, 6) is 0.528. The maximum atomic E-state index is 14.3. The molecule has 1 unspecified atom stereocenters. The van der Waals surface area contributed by atoms with E-state index in [0.717, 1.165) is 12.0 Å². The zero-order valence-electron chi connectivity index (χ0n) is 27.7. The highest BCUT2D eigenvalue weighted by atomic mass is 16.7. The first-order chi connectivity index (χ1) is 21.3. The van der Waals surface area contributed by atoms with Crippen LogP contribution in [0.2, 0.25) is 0 Å². The van der Waals surface area contributed by atoms with Gasteiger partial charge in [0.15, 0.2) is 0 Å². The summed E-state index contributed by atoms with van der Waals surface area (Å²) in [6.45, 7) is 15.4. The number of aromatic nitrogens is 2. The van der Waals surface area contributed by atoms with Crippen LogP contribution < -0.4 is 10.6 Å². The number of oxime groups is 1. The fourth-order valence-electron chi connectivity index (χ4n) is 8.00. The van der Waals surface area contributed by atoms with Crippen LogP contribution in [0.15, 0.2) is 47.9 Å². The third-order valence-corrected chi connectivity index (χ3v) is 10.8. The molecule has 6 atom stereocenters. The Hall–Kier alpha value is -3.18. The fourth-order valence-corrected chi connectivity index (χ4v) is 8.00. The minimum absolute atomic E-state index is 0.0260. The van der Waals surface area contributed by atoms with Crippen LogP contribution in [0.5, 0.6) is 0 Å². The molecule has 3 saturated carbocycles. The first-order valence-corrected chi connectivity index (χ1v) is 16.5. The summed E-state index contributed by atoms with van der Waals surface area (Å²) in [4.78, 5) is 33.2. The molecule has 2 aliphatic heterocycles. The predicted octanol–water partition coefficient (Wildman–Crippen LogP) is 4.75. The second kappa shape index (κ2) is 11.9. The van der Waals surface area contributed by atoms with Gasteiger partial charge in [-0.3, -0.25) is 14.3 Å². The minimum Gasteiger partial charge on any atom is -0.404 e. The van der Waals surface area contributed by atoms with Gasteiger partial charge in [0.2, 0.25) is 5.60 Å². The number of hydrogen-bond donors (Lipinski definition) is 2. The number of carbonyl (C=O) groups is 2. The molecule has 7 rings (SSSR count). The molecule has 2 aromatic rings. The standard InChI is InChI=1S/C34H48BN5O5/c1-21(2)13-29(35-43-28-15-25-14-27(32(25,5)6)33(28,7)44-35)38-31(42)34(16-23-11-9-8-10-12-23)17-26(39-45-34)19-36-30(41)24-18-37-40(20-24)22(3)4/h8-12,18,20-22,25,27-29H,13-17,19H2,1-7H3,(H,36,41)(H,38,42)/t25-,27-,28+,29-,33-,34?/m0/s1. The summed E-state index contributed by atoms with van der Waals surface area (Å²) in [6.07, 6.45) is 6.74. The smallest absolute Gasteiger partial charge is 0.404 e. The van der Waals surface area contributed by atoms with Gasteiger partial charge in [-0.1, -0.05) is 63.2 Å². The highest BCUT2D eigenvalue weighted by Crippen LogP contribution is 2.65. The van der Waals surface area contributed by atoms with Crippen LogP contribution in [0.25, 0.3) is 0 Å². The van der Waals surface area contributed by atoms with Gasteiger partial charge in [0, 0.05) is 25.1 Å². The van der Waals surface area contributed by atoms with Crippen molar-refractivity contribution in [2.45, 2.75) is 110 Å². The van der Waals surface area contributed by atoms with Gasteiger partial charge >= 0.3 is 7.12 Å². The maximum Gasteiger partial charge on any atom is 0.481 e. The number of rotatable bonds is 11. The van der Waals surface area contributed by atoms with E-state index < -0.39 is 12.7 Å². The minimum atomic E-state index is -1.27. The van der Waals surface area contributed by atoms with Gasteiger partial charge in [-0.25, -0.2) is 0 Å². The van der Waals surface area contributed by atoms with Gasteiger partial charge < -0.3 is 24.8 Å². The Morgan fingerprint density at radius 3 is 2.53 bits per heavy atom. The Kier molecular flexibility index (Phi) is 8.39. The third-order valence-electron chi connectivity index (χ3n) is 10.8.